The Morgan fingerprint density at radius 3 is 2.46 bits per heavy atom. The summed E-state index contributed by atoms with van der Waals surface area (Å²) in [5, 5.41) is 3.40. The van der Waals surface area contributed by atoms with Gasteiger partial charge in [-0.3, -0.25) is 4.79 Å². The van der Waals surface area contributed by atoms with E-state index in [0.29, 0.717) is 17.2 Å². The van der Waals surface area contributed by atoms with Crippen LogP contribution in [-0.2, 0) is 22.5 Å². The molecule has 0 aliphatic carbocycles. The highest BCUT2D eigenvalue weighted by atomic mass is 32.1. The van der Waals surface area contributed by atoms with Gasteiger partial charge in [0.15, 0.2) is 12.4 Å². The van der Waals surface area contributed by atoms with Crippen LogP contribution < -0.4 is 9.88 Å². The SMILES string of the molecule is CCOC(=O)c1c(NC(=O)C[n+]2ccc(CC)cc2)sc(C)c1C. The molecule has 0 saturated heterocycles. The van der Waals surface area contributed by atoms with Crippen molar-refractivity contribution in [1.82, 2.24) is 0 Å². The first kappa shape index (κ1) is 18.1. The lowest BCUT2D eigenvalue weighted by Gasteiger charge is -2.06. The van der Waals surface area contributed by atoms with Crippen molar-refractivity contribution < 1.29 is 18.9 Å². The van der Waals surface area contributed by atoms with E-state index in [9.17, 15) is 9.59 Å². The molecule has 0 unspecified atom stereocenters. The van der Waals surface area contributed by atoms with Gasteiger partial charge in [0.25, 0.3) is 5.91 Å². The van der Waals surface area contributed by atoms with E-state index in [2.05, 4.69) is 12.2 Å². The van der Waals surface area contributed by atoms with E-state index in [4.69, 9.17) is 4.74 Å². The molecule has 2 heterocycles. The zero-order chi connectivity index (χ0) is 17.7. The first-order chi connectivity index (χ1) is 11.5. The van der Waals surface area contributed by atoms with Crippen LogP contribution in [0, 0.1) is 13.8 Å². The van der Waals surface area contributed by atoms with Crippen molar-refractivity contribution in [3.63, 3.8) is 0 Å². The lowest BCUT2D eigenvalue weighted by molar-refractivity contribution is -0.684. The number of pyridine rings is 1. The number of hydrogen-bond acceptors (Lipinski definition) is 4. The zero-order valence-corrected chi connectivity index (χ0v) is 15.3. The minimum Gasteiger partial charge on any atom is -0.462 e. The number of amides is 1. The largest absolute Gasteiger partial charge is 0.462 e. The summed E-state index contributed by atoms with van der Waals surface area (Å²) < 4.78 is 6.91. The van der Waals surface area contributed by atoms with Crippen molar-refractivity contribution in [1.29, 1.82) is 0 Å². The smallest absolute Gasteiger partial charge is 0.341 e. The summed E-state index contributed by atoms with van der Waals surface area (Å²) in [7, 11) is 0. The van der Waals surface area contributed by atoms with E-state index in [1.54, 1.807) is 6.92 Å². The number of nitrogens with zero attached hydrogens (tertiary/aromatic N) is 1. The molecule has 2 aromatic rings. The van der Waals surface area contributed by atoms with E-state index in [0.717, 1.165) is 16.9 Å². The molecule has 0 aliphatic heterocycles. The number of carbonyl (C=O) groups is 2. The third kappa shape index (κ3) is 4.20. The molecular formula is C18H23N2O3S+. The first-order valence-corrected chi connectivity index (χ1v) is 8.82. The Morgan fingerprint density at radius 1 is 1.21 bits per heavy atom. The Kier molecular flexibility index (Phi) is 6.09. The van der Waals surface area contributed by atoms with Crippen LogP contribution in [0.1, 0.15) is 40.2 Å². The maximum absolute atomic E-state index is 12.3. The number of nitrogens with one attached hydrogen (secondary N) is 1. The van der Waals surface area contributed by atoms with Gasteiger partial charge in [-0.15, -0.1) is 11.3 Å². The summed E-state index contributed by atoms with van der Waals surface area (Å²) in [5.41, 5.74) is 2.54. The Hall–Kier alpha value is -2.21. The molecule has 0 spiro atoms. The molecule has 6 heteroatoms. The normalized spacial score (nSPS) is 10.5. The van der Waals surface area contributed by atoms with Crippen molar-refractivity contribution >= 4 is 28.2 Å². The number of hydrogen-bond donors (Lipinski definition) is 1. The van der Waals surface area contributed by atoms with Crippen LogP contribution in [0.2, 0.25) is 0 Å². The summed E-state index contributed by atoms with van der Waals surface area (Å²) in [5.74, 6) is -0.564. The van der Waals surface area contributed by atoms with E-state index in [1.807, 2.05) is 42.9 Å². The van der Waals surface area contributed by atoms with Crippen molar-refractivity contribution in [3.8, 4) is 0 Å². The Morgan fingerprint density at radius 2 is 1.88 bits per heavy atom. The molecule has 0 aliphatic rings. The highest BCUT2D eigenvalue weighted by molar-refractivity contribution is 7.16. The molecule has 24 heavy (non-hydrogen) atoms. The minimum absolute atomic E-state index is 0.170. The van der Waals surface area contributed by atoms with Gasteiger partial charge in [-0.2, -0.15) is 4.57 Å². The van der Waals surface area contributed by atoms with Gasteiger partial charge in [0.1, 0.15) is 5.00 Å². The maximum Gasteiger partial charge on any atom is 0.341 e. The summed E-state index contributed by atoms with van der Waals surface area (Å²) in [4.78, 5) is 25.4. The van der Waals surface area contributed by atoms with Crippen LogP contribution in [0.25, 0.3) is 0 Å². The second-order valence-electron chi connectivity index (χ2n) is 5.49. The van der Waals surface area contributed by atoms with Crippen molar-refractivity contribution in [2.24, 2.45) is 0 Å². The van der Waals surface area contributed by atoms with E-state index < -0.39 is 5.97 Å². The lowest BCUT2D eigenvalue weighted by Crippen LogP contribution is -2.39. The number of thiophene rings is 1. The molecule has 2 rings (SSSR count). The molecule has 1 N–H and O–H groups in total. The third-order valence-electron chi connectivity index (χ3n) is 3.81. The fourth-order valence-electron chi connectivity index (χ4n) is 2.33. The molecule has 1 amide bonds. The van der Waals surface area contributed by atoms with Gasteiger partial charge < -0.3 is 10.1 Å². The summed E-state index contributed by atoms with van der Waals surface area (Å²) in [6, 6.07) is 3.99. The standard InChI is InChI=1S/C18H22N2O3S/c1-5-14-7-9-20(10-8-14)11-15(21)19-17-16(18(22)23-6-2)12(3)13(4)24-17/h7-10H,5-6,11H2,1-4H3/p+1. The van der Waals surface area contributed by atoms with Gasteiger partial charge in [0, 0.05) is 17.0 Å². The van der Waals surface area contributed by atoms with Gasteiger partial charge in [0.2, 0.25) is 6.54 Å². The predicted octanol–water partition coefficient (Wildman–Crippen LogP) is 3.03. The second-order valence-corrected chi connectivity index (χ2v) is 6.71. The van der Waals surface area contributed by atoms with Gasteiger partial charge in [0.05, 0.1) is 12.2 Å². The molecule has 0 aromatic carbocycles. The molecule has 0 radical (unpaired) electrons. The summed E-state index contributed by atoms with van der Waals surface area (Å²) in [6.07, 6.45) is 4.73. The molecule has 0 fully saturated rings. The Labute approximate surface area is 146 Å². The topological polar surface area (TPSA) is 59.3 Å². The predicted molar refractivity (Wildman–Crippen MR) is 94.4 cm³/mol. The van der Waals surface area contributed by atoms with Crippen molar-refractivity contribution in [2.75, 3.05) is 11.9 Å². The maximum atomic E-state index is 12.3. The van der Waals surface area contributed by atoms with E-state index >= 15 is 0 Å². The van der Waals surface area contributed by atoms with Crippen LogP contribution in [0.3, 0.4) is 0 Å². The van der Waals surface area contributed by atoms with Crippen LogP contribution in [0.15, 0.2) is 24.5 Å². The van der Waals surface area contributed by atoms with Gasteiger partial charge in [-0.25, -0.2) is 4.79 Å². The Bertz CT molecular complexity index is 735. The average molecular weight is 347 g/mol. The first-order valence-electron chi connectivity index (χ1n) is 8.01. The van der Waals surface area contributed by atoms with Gasteiger partial charge in [-0.1, -0.05) is 6.92 Å². The molecule has 128 valence electrons. The number of esters is 1. The van der Waals surface area contributed by atoms with E-state index in [-0.39, 0.29) is 12.5 Å². The van der Waals surface area contributed by atoms with Crippen molar-refractivity contribution in [3.05, 3.63) is 46.1 Å². The fourth-order valence-corrected chi connectivity index (χ4v) is 3.39. The number of aromatic nitrogens is 1. The number of anilines is 1. The number of carbonyl (C=O) groups excluding carboxylic acids is 2. The highest BCUT2D eigenvalue weighted by Gasteiger charge is 2.22. The molecule has 0 atom stereocenters. The minimum atomic E-state index is -0.394. The number of ether oxygens (including phenoxy) is 1. The molecule has 2 aromatic heterocycles. The lowest BCUT2D eigenvalue weighted by atomic mass is 10.1. The van der Waals surface area contributed by atoms with Crippen LogP contribution >= 0.6 is 11.3 Å². The highest BCUT2D eigenvalue weighted by Crippen LogP contribution is 2.32. The number of aryl methyl sites for hydroxylation is 2. The monoisotopic (exact) mass is 347 g/mol. The third-order valence-corrected chi connectivity index (χ3v) is 4.94. The quantitative estimate of drug-likeness (QED) is 0.645. The summed E-state index contributed by atoms with van der Waals surface area (Å²) in [6.45, 7) is 8.15. The van der Waals surface area contributed by atoms with Crippen molar-refractivity contribution in [2.45, 2.75) is 40.7 Å². The van der Waals surface area contributed by atoms with E-state index in [1.165, 1.54) is 16.9 Å². The zero-order valence-electron chi connectivity index (χ0n) is 14.5. The molecule has 0 saturated carbocycles. The van der Waals surface area contributed by atoms with Crippen LogP contribution in [-0.4, -0.2) is 18.5 Å². The molecule has 0 bridgehead atoms. The molecule has 5 nitrogen and oxygen atoms in total. The number of rotatable bonds is 6. The second kappa shape index (κ2) is 8.06. The van der Waals surface area contributed by atoms with Crippen LogP contribution in [0.4, 0.5) is 5.00 Å². The summed E-state index contributed by atoms with van der Waals surface area (Å²) >= 11 is 1.40. The van der Waals surface area contributed by atoms with Gasteiger partial charge >= 0.3 is 5.97 Å². The average Bonchev–Trinajstić information content (AvgIpc) is 2.82. The Balaban J connectivity index is 2.13. The van der Waals surface area contributed by atoms with Gasteiger partial charge in [-0.05, 0) is 38.3 Å². The van der Waals surface area contributed by atoms with Crippen LogP contribution in [0.5, 0.6) is 0 Å². The molecular weight excluding hydrogens is 324 g/mol. The fraction of sp³-hybridized carbons (Fsp3) is 0.389.